The zero-order valence-electron chi connectivity index (χ0n) is 10.8. The number of aliphatic hydroxyl groups excluding tert-OH is 1. The van der Waals surface area contributed by atoms with Crippen molar-refractivity contribution < 1.29 is 9.90 Å². The minimum absolute atomic E-state index is 0.0985. The average molecular weight is 311 g/mol. The van der Waals surface area contributed by atoms with Crippen molar-refractivity contribution in [2.45, 2.75) is 18.9 Å². The van der Waals surface area contributed by atoms with Gasteiger partial charge in [0.25, 0.3) is 5.91 Å². The molecule has 106 valence electrons. The van der Waals surface area contributed by atoms with Gasteiger partial charge in [0.2, 0.25) is 0 Å². The summed E-state index contributed by atoms with van der Waals surface area (Å²) in [6.45, 7) is 1.05. The number of thiophene rings is 1. The number of β-amino-alcohol motifs (C(OH)–C–C–N with tert-alkyl or cyclic N) is 1. The summed E-state index contributed by atoms with van der Waals surface area (Å²) in [6.07, 6.45) is 1.14. The number of benzene rings is 1. The topological polar surface area (TPSA) is 66.6 Å². The lowest BCUT2D eigenvalue weighted by Crippen LogP contribution is -2.42. The third-order valence-corrected chi connectivity index (χ3v) is 4.98. The molecule has 6 heteroatoms. The fraction of sp³-hybridized carbons (Fsp3) is 0.357. The molecule has 0 spiro atoms. The summed E-state index contributed by atoms with van der Waals surface area (Å²) in [7, 11) is 0. The largest absolute Gasteiger partial charge is 0.397 e. The number of halogens is 1. The molecule has 0 bridgehead atoms. The zero-order chi connectivity index (χ0) is 14.3. The molecule has 3 N–H and O–H groups in total. The van der Waals surface area contributed by atoms with E-state index < -0.39 is 6.10 Å². The molecular formula is C14H15ClN2O2S. The highest BCUT2D eigenvalue weighted by Crippen LogP contribution is 2.36. The van der Waals surface area contributed by atoms with Gasteiger partial charge in [0, 0.05) is 28.2 Å². The Bertz CT molecular complexity index is 670. The highest BCUT2D eigenvalue weighted by atomic mass is 35.5. The van der Waals surface area contributed by atoms with Gasteiger partial charge in [0.1, 0.15) is 4.88 Å². The van der Waals surface area contributed by atoms with E-state index in [-0.39, 0.29) is 5.91 Å². The monoisotopic (exact) mass is 310 g/mol. The van der Waals surface area contributed by atoms with Crippen LogP contribution in [0.4, 0.5) is 5.69 Å². The van der Waals surface area contributed by atoms with Crippen molar-refractivity contribution in [3.8, 4) is 0 Å². The minimum Gasteiger partial charge on any atom is -0.397 e. The number of carbonyl (C=O) groups excluding carboxylic acids is 1. The predicted octanol–water partition coefficient (Wildman–Crippen LogP) is 2.73. The molecule has 1 fully saturated rings. The smallest absolute Gasteiger partial charge is 0.266 e. The Morgan fingerprint density at radius 2 is 2.30 bits per heavy atom. The Hall–Kier alpha value is -1.30. The summed E-state index contributed by atoms with van der Waals surface area (Å²) >= 11 is 7.35. The lowest BCUT2D eigenvalue weighted by Gasteiger charge is -2.29. The van der Waals surface area contributed by atoms with E-state index in [1.807, 2.05) is 6.07 Å². The second-order valence-corrected chi connectivity index (χ2v) is 6.52. The lowest BCUT2D eigenvalue weighted by atomic mass is 10.1. The van der Waals surface area contributed by atoms with Crippen molar-refractivity contribution in [2.75, 3.05) is 18.8 Å². The number of nitrogens with two attached hydrogens (primary N) is 1. The average Bonchev–Trinajstić information content (AvgIpc) is 2.75. The fourth-order valence-corrected chi connectivity index (χ4v) is 3.77. The number of fused-ring (bicyclic) bond motifs is 1. The Morgan fingerprint density at radius 1 is 1.50 bits per heavy atom. The number of carbonyl (C=O) groups is 1. The highest BCUT2D eigenvalue weighted by molar-refractivity contribution is 7.21. The molecule has 4 nitrogen and oxygen atoms in total. The van der Waals surface area contributed by atoms with Crippen molar-refractivity contribution in [1.29, 1.82) is 0 Å². The van der Waals surface area contributed by atoms with Crippen LogP contribution in [0.1, 0.15) is 22.5 Å². The molecule has 0 radical (unpaired) electrons. The molecule has 1 unspecified atom stereocenters. The summed E-state index contributed by atoms with van der Waals surface area (Å²) in [5.74, 6) is -0.0985. The van der Waals surface area contributed by atoms with Crippen molar-refractivity contribution in [3.05, 3.63) is 28.1 Å². The van der Waals surface area contributed by atoms with Gasteiger partial charge in [0.05, 0.1) is 11.8 Å². The molecule has 1 aromatic carbocycles. The van der Waals surface area contributed by atoms with E-state index in [1.165, 1.54) is 11.3 Å². The van der Waals surface area contributed by atoms with Crippen molar-refractivity contribution in [2.24, 2.45) is 0 Å². The van der Waals surface area contributed by atoms with E-state index >= 15 is 0 Å². The van der Waals surface area contributed by atoms with Crippen LogP contribution in [0.5, 0.6) is 0 Å². The molecule has 2 aromatic rings. The van der Waals surface area contributed by atoms with Gasteiger partial charge in [-0.25, -0.2) is 0 Å². The van der Waals surface area contributed by atoms with Crippen LogP contribution in [0.15, 0.2) is 18.2 Å². The Balaban J connectivity index is 1.97. The third kappa shape index (κ3) is 2.37. The molecule has 1 aliphatic rings. The molecule has 1 aliphatic heterocycles. The molecular weight excluding hydrogens is 296 g/mol. The maximum Gasteiger partial charge on any atom is 0.266 e. The third-order valence-electron chi connectivity index (χ3n) is 3.57. The predicted molar refractivity (Wildman–Crippen MR) is 82.4 cm³/mol. The van der Waals surface area contributed by atoms with Gasteiger partial charge in [-0.05, 0) is 31.0 Å². The molecule has 3 rings (SSSR count). The van der Waals surface area contributed by atoms with Gasteiger partial charge >= 0.3 is 0 Å². The number of likely N-dealkylation sites (tertiary alicyclic amines) is 1. The quantitative estimate of drug-likeness (QED) is 0.851. The summed E-state index contributed by atoms with van der Waals surface area (Å²) in [5.41, 5.74) is 6.58. The van der Waals surface area contributed by atoms with Crippen LogP contribution in [-0.4, -0.2) is 35.1 Å². The summed E-state index contributed by atoms with van der Waals surface area (Å²) in [5, 5.41) is 11.1. The first-order valence-corrected chi connectivity index (χ1v) is 7.70. The van der Waals surface area contributed by atoms with E-state index in [4.69, 9.17) is 17.3 Å². The standard InChI is InChI=1S/C14H15ClN2O2S/c15-8-3-4-11-10(6-8)12(16)13(20-11)14(19)17-5-1-2-9(18)7-17/h3-4,6,9,18H,1-2,5,7,16H2. The van der Waals surface area contributed by atoms with Gasteiger partial charge in [-0.1, -0.05) is 11.6 Å². The molecule has 1 aromatic heterocycles. The second-order valence-electron chi connectivity index (χ2n) is 5.03. The Kier molecular flexibility index (Phi) is 3.58. The fourth-order valence-electron chi connectivity index (χ4n) is 2.53. The first-order chi connectivity index (χ1) is 9.56. The summed E-state index contributed by atoms with van der Waals surface area (Å²) in [4.78, 5) is 14.7. The van der Waals surface area contributed by atoms with Crippen molar-refractivity contribution in [3.63, 3.8) is 0 Å². The summed E-state index contributed by atoms with van der Waals surface area (Å²) < 4.78 is 0.952. The van der Waals surface area contributed by atoms with Crippen LogP contribution in [0.25, 0.3) is 10.1 Å². The maximum absolute atomic E-state index is 12.5. The van der Waals surface area contributed by atoms with Crippen LogP contribution in [0.3, 0.4) is 0 Å². The van der Waals surface area contributed by atoms with Crippen LogP contribution in [0.2, 0.25) is 5.02 Å². The number of rotatable bonds is 1. The molecule has 1 saturated heterocycles. The number of hydrogen-bond donors (Lipinski definition) is 2. The molecule has 20 heavy (non-hydrogen) atoms. The van der Waals surface area contributed by atoms with Gasteiger partial charge in [-0.15, -0.1) is 11.3 Å². The van der Waals surface area contributed by atoms with E-state index in [9.17, 15) is 9.90 Å². The van der Waals surface area contributed by atoms with Crippen LogP contribution >= 0.6 is 22.9 Å². The van der Waals surface area contributed by atoms with Crippen molar-refractivity contribution >= 4 is 44.6 Å². The van der Waals surface area contributed by atoms with Crippen molar-refractivity contribution in [1.82, 2.24) is 4.90 Å². The number of nitrogen functional groups attached to an aromatic ring is 1. The second kappa shape index (κ2) is 5.24. The number of hydrogen-bond acceptors (Lipinski definition) is 4. The van der Waals surface area contributed by atoms with E-state index in [1.54, 1.807) is 17.0 Å². The SMILES string of the molecule is Nc1c(C(=O)N2CCCC(O)C2)sc2ccc(Cl)cc12. The number of amides is 1. The molecule has 0 aliphatic carbocycles. The Morgan fingerprint density at radius 3 is 3.05 bits per heavy atom. The minimum atomic E-state index is -0.433. The van der Waals surface area contributed by atoms with Gasteiger partial charge in [0.15, 0.2) is 0 Å². The first kappa shape index (κ1) is 13.7. The molecule has 0 saturated carbocycles. The number of aliphatic hydroxyl groups is 1. The van der Waals surface area contributed by atoms with E-state index in [0.29, 0.717) is 28.7 Å². The van der Waals surface area contributed by atoms with Gasteiger partial charge < -0.3 is 15.7 Å². The van der Waals surface area contributed by atoms with Crippen LogP contribution in [0, 0.1) is 0 Å². The normalized spacial score (nSPS) is 19.5. The van der Waals surface area contributed by atoms with Crippen LogP contribution in [-0.2, 0) is 0 Å². The van der Waals surface area contributed by atoms with Gasteiger partial charge in [-0.3, -0.25) is 4.79 Å². The number of piperidine rings is 1. The molecule has 2 heterocycles. The summed E-state index contributed by atoms with van der Waals surface area (Å²) in [6, 6.07) is 5.45. The van der Waals surface area contributed by atoms with E-state index in [0.717, 1.165) is 22.9 Å². The van der Waals surface area contributed by atoms with E-state index in [2.05, 4.69) is 0 Å². The number of nitrogens with zero attached hydrogens (tertiary/aromatic N) is 1. The van der Waals surface area contributed by atoms with Gasteiger partial charge in [-0.2, -0.15) is 0 Å². The highest BCUT2D eigenvalue weighted by Gasteiger charge is 2.26. The zero-order valence-corrected chi connectivity index (χ0v) is 12.4. The Labute approximate surface area is 125 Å². The van der Waals surface area contributed by atoms with Crippen LogP contribution < -0.4 is 5.73 Å². The maximum atomic E-state index is 12.5. The molecule has 1 amide bonds. The number of anilines is 1. The lowest BCUT2D eigenvalue weighted by molar-refractivity contribution is 0.0478. The molecule has 1 atom stereocenters. The first-order valence-electron chi connectivity index (χ1n) is 6.51.